The van der Waals surface area contributed by atoms with Gasteiger partial charge in [-0.05, 0) is 25.0 Å². The maximum absolute atomic E-state index is 11.5. The largest absolute Gasteiger partial charge is 0.453 e. The van der Waals surface area contributed by atoms with Gasteiger partial charge < -0.3 is 9.64 Å². The Kier molecular flexibility index (Phi) is 5.04. The van der Waals surface area contributed by atoms with Crippen molar-refractivity contribution in [3.8, 4) is 6.07 Å². The fourth-order valence-corrected chi connectivity index (χ4v) is 2.79. The van der Waals surface area contributed by atoms with Crippen molar-refractivity contribution < 1.29 is 9.53 Å². The van der Waals surface area contributed by atoms with E-state index in [1.54, 1.807) is 4.90 Å². The minimum absolute atomic E-state index is 0.259. The Balaban J connectivity index is 2.05. The molecule has 0 spiro atoms. The van der Waals surface area contributed by atoms with Crippen LogP contribution in [0.25, 0.3) is 0 Å². The number of piperazine rings is 1. The van der Waals surface area contributed by atoms with Crippen LogP contribution in [0.2, 0.25) is 0 Å². The average Bonchev–Trinajstić information content (AvgIpc) is 2.55. The molecule has 0 aromatic heterocycles. The molecule has 0 unspecified atom stereocenters. The second kappa shape index (κ2) is 6.80. The third kappa shape index (κ3) is 3.58. The summed E-state index contributed by atoms with van der Waals surface area (Å²) in [5.41, 5.74) is 1.76. The van der Waals surface area contributed by atoms with E-state index in [9.17, 15) is 10.1 Å². The molecule has 1 saturated heterocycles. The lowest BCUT2D eigenvalue weighted by Gasteiger charge is -2.34. The normalized spacial score (nSPS) is 16.2. The molecule has 0 bridgehead atoms. The van der Waals surface area contributed by atoms with Gasteiger partial charge in [-0.15, -0.1) is 0 Å². The number of hydrogen-bond donors (Lipinski definition) is 0. The van der Waals surface area contributed by atoms with E-state index in [-0.39, 0.29) is 6.09 Å². The smallest absolute Gasteiger partial charge is 0.409 e. The van der Waals surface area contributed by atoms with Crippen LogP contribution in [0.4, 0.5) is 4.79 Å². The Hall–Kier alpha value is -2.06. The van der Waals surface area contributed by atoms with E-state index in [0.29, 0.717) is 13.1 Å². The highest BCUT2D eigenvalue weighted by Gasteiger charge is 2.25. The number of hydrogen-bond acceptors (Lipinski definition) is 4. The molecule has 1 aromatic rings. The molecule has 0 aliphatic carbocycles. The molecular formula is C17H23N3O2. The molecule has 1 amide bonds. The van der Waals surface area contributed by atoms with E-state index in [0.717, 1.165) is 25.2 Å². The molecule has 0 N–H and O–H groups in total. The number of amides is 1. The van der Waals surface area contributed by atoms with Gasteiger partial charge in [0.25, 0.3) is 0 Å². The first-order valence-electron chi connectivity index (χ1n) is 7.53. The van der Waals surface area contributed by atoms with E-state index >= 15 is 0 Å². The molecule has 1 aliphatic rings. The highest BCUT2D eigenvalue weighted by Crippen LogP contribution is 2.26. The summed E-state index contributed by atoms with van der Waals surface area (Å²) in [5, 5.41) is 9.38. The first-order valence-corrected chi connectivity index (χ1v) is 7.53. The zero-order valence-electron chi connectivity index (χ0n) is 13.5. The maximum atomic E-state index is 11.5. The predicted octanol–water partition coefficient (Wildman–Crippen LogP) is 2.37. The second-order valence-electron chi connectivity index (χ2n) is 6.13. The van der Waals surface area contributed by atoms with Crippen molar-refractivity contribution in [1.82, 2.24) is 9.80 Å². The fraction of sp³-hybridized carbons (Fsp3) is 0.529. The molecule has 5 nitrogen and oxygen atoms in total. The summed E-state index contributed by atoms with van der Waals surface area (Å²) < 4.78 is 4.75. The summed E-state index contributed by atoms with van der Waals surface area (Å²) in [5.74, 6) is 0. The van der Waals surface area contributed by atoms with Crippen LogP contribution in [0.15, 0.2) is 24.3 Å². The zero-order chi connectivity index (χ0) is 16.2. The molecule has 1 heterocycles. The molecule has 1 fully saturated rings. The number of nitriles is 1. The summed E-state index contributed by atoms with van der Waals surface area (Å²) in [6.45, 7) is 7.68. The van der Waals surface area contributed by atoms with Crippen molar-refractivity contribution in [3.63, 3.8) is 0 Å². The Labute approximate surface area is 132 Å². The van der Waals surface area contributed by atoms with E-state index in [2.05, 4.69) is 17.0 Å². The van der Waals surface area contributed by atoms with Gasteiger partial charge in [0.05, 0.1) is 18.6 Å². The topological polar surface area (TPSA) is 56.6 Å². The van der Waals surface area contributed by atoms with Gasteiger partial charge in [-0.3, -0.25) is 4.90 Å². The minimum atomic E-state index is -0.496. The summed E-state index contributed by atoms with van der Waals surface area (Å²) >= 11 is 0. The molecule has 5 heteroatoms. The van der Waals surface area contributed by atoms with Gasteiger partial charge >= 0.3 is 6.09 Å². The van der Waals surface area contributed by atoms with Crippen LogP contribution in [0.1, 0.15) is 25.0 Å². The standard InChI is InChI=1S/C17H23N3O2/c1-17(2,13-18)15-7-5-4-6-14(15)12-19-8-10-20(11-9-19)16(21)22-3/h4-7H,8-12H2,1-3H3. The van der Waals surface area contributed by atoms with Gasteiger partial charge in [-0.2, -0.15) is 5.26 Å². The highest BCUT2D eigenvalue weighted by atomic mass is 16.5. The molecule has 118 valence electrons. The molecule has 22 heavy (non-hydrogen) atoms. The van der Waals surface area contributed by atoms with Crippen molar-refractivity contribution in [2.45, 2.75) is 25.8 Å². The van der Waals surface area contributed by atoms with Crippen LogP contribution in [-0.2, 0) is 16.7 Å². The van der Waals surface area contributed by atoms with Gasteiger partial charge in [0.15, 0.2) is 0 Å². The number of benzene rings is 1. The van der Waals surface area contributed by atoms with Crippen molar-refractivity contribution in [2.24, 2.45) is 0 Å². The first-order chi connectivity index (χ1) is 10.5. The second-order valence-corrected chi connectivity index (χ2v) is 6.13. The fourth-order valence-electron chi connectivity index (χ4n) is 2.79. The van der Waals surface area contributed by atoms with Gasteiger partial charge in [0.1, 0.15) is 0 Å². The number of rotatable bonds is 3. The molecule has 0 radical (unpaired) electrons. The van der Waals surface area contributed by atoms with Gasteiger partial charge in [-0.1, -0.05) is 24.3 Å². The van der Waals surface area contributed by atoms with Crippen molar-refractivity contribution >= 4 is 6.09 Å². The van der Waals surface area contributed by atoms with Crippen LogP contribution < -0.4 is 0 Å². The number of methoxy groups -OCH3 is 1. The number of carbonyl (C=O) groups excluding carboxylic acids is 1. The van der Waals surface area contributed by atoms with Gasteiger partial charge in [0, 0.05) is 32.7 Å². The zero-order valence-corrected chi connectivity index (χ0v) is 13.5. The molecule has 2 rings (SSSR count). The van der Waals surface area contributed by atoms with Crippen molar-refractivity contribution in [2.75, 3.05) is 33.3 Å². The van der Waals surface area contributed by atoms with Crippen LogP contribution in [0, 0.1) is 11.3 Å². The summed E-state index contributed by atoms with van der Waals surface area (Å²) in [6, 6.07) is 10.5. The van der Waals surface area contributed by atoms with E-state index in [1.807, 2.05) is 32.0 Å². The first kappa shape index (κ1) is 16.3. The number of carbonyl (C=O) groups is 1. The van der Waals surface area contributed by atoms with E-state index in [4.69, 9.17) is 4.74 Å². The number of ether oxygens (including phenoxy) is 1. The molecule has 1 aromatic carbocycles. The van der Waals surface area contributed by atoms with Crippen molar-refractivity contribution in [1.29, 1.82) is 5.26 Å². The van der Waals surface area contributed by atoms with E-state index in [1.165, 1.54) is 12.7 Å². The molecule has 1 aliphatic heterocycles. The Morgan fingerprint density at radius 3 is 2.50 bits per heavy atom. The van der Waals surface area contributed by atoms with Crippen LogP contribution in [0.3, 0.4) is 0 Å². The highest BCUT2D eigenvalue weighted by molar-refractivity contribution is 5.67. The average molecular weight is 301 g/mol. The lowest BCUT2D eigenvalue weighted by Crippen LogP contribution is -2.48. The quantitative estimate of drug-likeness (QED) is 0.860. The SMILES string of the molecule is COC(=O)N1CCN(Cc2ccccc2C(C)(C)C#N)CC1. The number of nitrogens with zero attached hydrogens (tertiary/aromatic N) is 3. The monoisotopic (exact) mass is 301 g/mol. The summed E-state index contributed by atoms with van der Waals surface area (Å²) in [7, 11) is 1.41. The van der Waals surface area contributed by atoms with Gasteiger partial charge in [0.2, 0.25) is 0 Å². The van der Waals surface area contributed by atoms with Crippen LogP contribution in [0.5, 0.6) is 0 Å². The van der Waals surface area contributed by atoms with E-state index < -0.39 is 5.41 Å². The summed E-state index contributed by atoms with van der Waals surface area (Å²) in [6.07, 6.45) is -0.259. The molecule has 0 saturated carbocycles. The minimum Gasteiger partial charge on any atom is -0.453 e. The van der Waals surface area contributed by atoms with Crippen LogP contribution >= 0.6 is 0 Å². The summed E-state index contributed by atoms with van der Waals surface area (Å²) in [4.78, 5) is 15.5. The lowest BCUT2D eigenvalue weighted by atomic mass is 9.83. The third-order valence-corrected chi connectivity index (χ3v) is 4.17. The predicted molar refractivity (Wildman–Crippen MR) is 84.3 cm³/mol. The third-order valence-electron chi connectivity index (χ3n) is 4.17. The Morgan fingerprint density at radius 2 is 1.91 bits per heavy atom. The molecular weight excluding hydrogens is 278 g/mol. The molecule has 0 atom stereocenters. The Bertz CT molecular complexity index is 570. The van der Waals surface area contributed by atoms with Gasteiger partial charge in [-0.25, -0.2) is 4.79 Å². The lowest BCUT2D eigenvalue weighted by molar-refractivity contribution is 0.0887. The van der Waals surface area contributed by atoms with Crippen LogP contribution in [-0.4, -0.2) is 49.2 Å². The van der Waals surface area contributed by atoms with Crippen molar-refractivity contribution in [3.05, 3.63) is 35.4 Å². The Morgan fingerprint density at radius 1 is 1.27 bits per heavy atom. The maximum Gasteiger partial charge on any atom is 0.409 e.